The highest BCUT2D eigenvalue weighted by Gasteiger charge is 2.59. The van der Waals surface area contributed by atoms with Crippen LogP contribution in [0.3, 0.4) is 0 Å². The number of ether oxygens (including phenoxy) is 3. The van der Waals surface area contributed by atoms with Gasteiger partial charge in [0.1, 0.15) is 17.5 Å². The van der Waals surface area contributed by atoms with E-state index in [4.69, 9.17) is 19.9 Å². The van der Waals surface area contributed by atoms with Gasteiger partial charge in [-0.3, -0.25) is 5.32 Å². The number of aliphatic hydroxyl groups is 1. The number of carbonyl (C=O) groups is 1. The Morgan fingerprint density at radius 1 is 1.17 bits per heavy atom. The molecule has 3 atom stereocenters. The number of sulfone groups is 1. The van der Waals surface area contributed by atoms with Gasteiger partial charge in [0.05, 0.1) is 31.3 Å². The average Bonchev–Trinajstić information content (AvgIpc) is 3.68. The van der Waals surface area contributed by atoms with Crippen molar-refractivity contribution in [3.63, 3.8) is 0 Å². The van der Waals surface area contributed by atoms with Crippen LogP contribution in [0.15, 0.2) is 59.5 Å². The minimum atomic E-state index is -4.60. The Bertz CT molecular complexity index is 1330. The van der Waals surface area contributed by atoms with E-state index in [2.05, 4.69) is 11.4 Å². The Morgan fingerprint density at radius 2 is 1.86 bits per heavy atom. The van der Waals surface area contributed by atoms with Crippen LogP contribution in [0.1, 0.15) is 63.4 Å². The third kappa shape index (κ3) is 6.89. The van der Waals surface area contributed by atoms with Crippen LogP contribution in [0, 0.1) is 16.7 Å². The molecule has 0 bridgehead atoms. The van der Waals surface area contributed by atoms with Crippen molar-refractivity contribution in [1.29, 1.82) is 5.26 Å². The summed E-state index contributed by atoms with van der Waals surface area (Å²) in [5.74, 6) is 0.447. The van der Waals surface area contributed by atoms with Crippen LogP contribution in [0.5, 0.6) is 5.75 Å². The SMILES string of the molecule is COc1ccc(S(=O)(=O)[C@](O)(CCC2(CCC#N)CCCC2)[C@](N)(Cc2ccccc2)NC(=O)O[C@H]2CCOC2)cc1. The maximum absolute atomic E-state index is 14.5. The smallest absolute Gasteiger partial charge is 0.409 e. The van der Waals surface area contributed by atoms with Gasteiger partial charge >= 0.3 is 6.09 Å². The second-order valence-electron chi connectivity index (χ2n) is 11.5. The molecule has 2 aromatic rings. The minimum Gasteiger partial charge on any atom is -0.497 e. The fourth-order valence-electron chi connectivity index (χ4n) is 6.22. The molecule has 1 amide bonds. The molecule has 1 saturated carbocycles. The molecule has 0 unspecified atom stereocenters. The van der Waals surface area contributed by atoms with Gasteiger partial charge in [0.25, 0.3) is 0 Å². The first-order valence-electron chi connectivity index (χ1n) is 14.4. The van der Waals surface area contributed by atoms with Crippen LogP contribution in [-0.2, 0) is 25.7 Å². The van der Waals surface area contributed by atoms with Crippen LogP contribution in [-0.4, -0.2) is 56.6 Å². The molecule has 2 aliphatic rings. The van der Waals surface area contributed by atoms with Gasteiger partial charge in [-0.1, -0.05) is 43.2 Å². The topological polar surface area (TPSA) is 161 Å². The van der Waals surface area contributed by atoms with Gasteiger partial charge < -0.3 is 25.1 Å². The molecule has 228 valence electrons. The van der Waals surface area contributed by atoms with E-state index in [-0.39, 0.29) is 29.8 Å². The molecule has 11 heteroatoms. The van der Waals surface area contributed by atoms with Crippen LogP contribution in [0.25, 0.3) is 0 Å². The van der Waals surface area contributed by atoms with E-state index < -0.39 is 32.6 Å². The summed E-state index contributed by atoms with van der Waals surface area (Å²) in [7, 11) is -3.13. The number of nitrogens with zero attached hydrogens (tertiary/aromatic N) is 1. The number of hydrogen-bond donors (Lipinski definition) is 3. The monoisotopic (exact) mass is 599 g/mol. The molecule has 42 heavy (non-hydrogen) atoms. The van der Waals surface area contributed by atoms with Crippen molar-refractivity contribution in [3.8, 4) is 11.8 Å². The highest BCUT2D eigenvalue weighted by molar-refractivity contribution is 7.92. The fourth-order valence-corrected chi connectivity index (χ4v) is 8.08. The Kier molecular flexibility index (Phi) is 10.1. The zero-order valence-corrected chi connectivity index (χ0v) is 24.9. The lowest BCUT2D eigenvalue weighted by atomic mass is 9.75. The van der Waals surface area contributed by atoms with Gasteiger partial charge in [0.15, 0.2) is 0 Å². The van der Waals surface area contributed by atoms with Crippen LogP contribution in [0.4, 0.5) is 4.79 Å². The van der Waals surface area contributed by atoms with Gasteiger partial charge in [0.2, 0.25) is 14.8 Å². The Hall–Kier alpha value is -3.17. The number of nitrogens with one attached hydrogen (secondary N) is 1. The molecule has 4 rings (SSSR count). The molecule has 1 aliphatic heterocycles. The molecular formula is C31H41N3O7S. The number of amides is 1. The summed E-state index contributed by atoms with van der Waals surface area (Å²) in [6.07, 6.45) is 3.39. The van der Waals surface area contributed by atoms with Crippen molar-refractivity contribution in [3.05, 3.63) is 60.2 Å². The summed E-state index contributed by atoms with van der Waals surface area (Å²) in [6, 6.07) is 16.8. The molecule has 4 N–H and O–H groups in total. The van der Waals surface area contributed by atoms with Gasteiger partial charge in [-0.2, -0.15) is 5.26 Å². The van der Waals surface area contributed by atoms with Gasteiger partial charge in [-0.05, 0) is 67.3 Å². The molecule has 2 aromatic carbocycles. The number of nitrogens with two attached hydrogens (primary N) is 1. The van der Waals surface area contributed by atoms with E-state index in [9.17, 15) is 23.6 Å². The number of rotatable bonds is 13. The summed E-state index contributed by atoms with van der Waals surface area (Å²) >= 11 is 0. The molecule has 1 saturated heterocycles. The summed E-state index contributed by atoms with van der Waals surface area (Å²) in [4.78, 5) is 10.4. The predicted octanol–water partition coefficient (Wildman–Crippen LogP) is 4.21. The minimum absolute atomic E-state index is 0.162. The first-order valence-corrected chi connectivity index (χ1v) is 15.9. The largest absolute Gasteiger partial charge is 0.497 e. The standard InChI is InChI=1S/C31H41N3O7S/c1-39-25-10-12-27(13-11-25)42(37,38)31(36,19-18-29(17-7-20-32)15-5-6-16-29)30(33,22-24-8-3-2-4-9-24)34-28(35)41-26-14-21-40-23-26/h2-4,8-13,26,36H,5-7,14-19,21-23,33H2,1H3,(H,34,35)/t26-,30-,31+/m0/s1. The van der Waals surface area contributed by atoms with Crippen molar-refractivity contribution in [2.45, 2.75) is 85.8 Å². The second kappa shape index (κ2) is 13.4. The van der Waals surface area contributed by atoms with Crippen molar-refractivity contribution in [2.75, 3.05) is 20.3 Å². The quantitative estimate of drug-likeness (QED) is 0.286. The van der Waals surface area contributed by atoms with E-state index in [1.165, 1.54) is 31.4 Å². The summed E-state index contributed by atoms with van der Waals surface area (Å²) in [5.41, 5.74) is 5.05. The van der Waals surface area contributed by atoms with Crippen molar-refractivity contribution in [2.24, 2.45) is 11.1 Å². The van der Waals surface area contributed by atoms with Crippen molar-refractivity contribution < 1.29 is 32.5 Å². The van der Waals surface area contributed by atoms with E-state index in [1.807, 2.05) is 6.07 Å². The zero-order valence-electron chi connectivity index (χ0n) is 24.1. The maximum atomic E-state index is 14.5. The lowest BCUT2D eigenvalue weighted by Gasteiger charge is -2.45. The molecule has 1 heterocycles. The van der Waals surface area contributed by atoms with E-state index in [1.54, 1.807) is 24.3 Å². The Morgan fingerprint density at radius 3 is 2.45 bits per heavy atom. The van der Waals surface area contributed by atoms with Crippen molar-refractivity contribution in [1.82, 2.24) is 5.32 Å². The molecule has 0 spiro atoms. The van der Waals surface area contributed by atoms with Gasteiger partial charge in [-0.25, -0.2) is 13.2 Å². The number of alkyl carbamates (subject to hydrolysis) is 1. The van der Waals surface area contributed by atoms with E-state index >= 15 is 0 Å². The molecule has 0 aromatic heterocycles. The lowest BCUT2D eigenvalue weighted by Crippen LogP contribution is -2.74. The molecule has 0 radical (unpaired) electrons. The number of benzene rings is 2. The summed E-state index contributed by atoms with van der Waals surface area (Å²) < 4.78 is 45.0. The number of methoxy groups -OCH3 is 1. The number of hydrogen-bond acceptors (Lipinski definition) is 9. The highest BCUT2D eigenvalue weighted by atomic mass is 32.2. The fraction of sp³-hybridized carbons (Fsp3) is 0.548. The first-order chi connectivity index (χ1) is 20.1. The average molecular weight is 600 g/mol. The zero-order chi connectivity index (χ0) is 30.3. The van der Waals surface area contributed by atoms with Gasteiger partial charge in [0, 0.05) is 19.3 Å². The Labute approximate surface area is 248 Å². The van der Waals surface area contributed by atoms with Crippen LogP contribution >= 0.6 is 0 Å². The van der Waals surface area contributed by atoms with Gasteiger partial charge in [-0.15, -0.1) is 0 Å². The summed E-state index contributed by atoms with van der Waals surface area (Å²) in [5, 5.41) is 24.5. The third-order valence-electron chi connectivity index (χ3n) is 8.75. The van der Waals surface area contributed by atoms with E-state index in [0.717, 1.165) is 25.7 Å². The molecular weight excluding hydrogens is 558 g/mol. The first kappa shape index (κ1) is 31.8. The molecule has 10 nitrogen and oxygen atoms in total. The van der Waals surface area contributed by atoms with Crippen LogP contribution < -0.4 is 15.8 Å². The second-order valence-corrected chi connectivity index (χ2v) is 13.6. The van der Waals surface area contributed by atoms with Crippen molar-refractivity contribution >= 4 is 15.9 Å². The predicted molar refractivity (Wildman–Crippen MR) is 156 cm³/mol. The summed E-state index contributed by atoms with van der Waals surface area (Å²) in [6.45, 7) is 0.663. The van der Waals surface area contributed by atoms with E-state index in [0.29, 0.717) is 43.6 Å². The molecule has 1 aliphatic carbocycles. The Balaban J connectivity index is 1.79. The number of carbonyl (C=O) groups excluding carboxylic acids is 1. The maximum Gasteiger partial charge on any atom is 0.409 e. The highest BCUT2D eigenvalue weighted by Crippen LogP contribution is 2.49. The lowest BCUT2D eigenvalue weighted by molar-refractivity contribution is -0.00407. The third-order valence-corrected chi connectivity index (χ3v) is 11.1. The van der Waals surface area contributed by atoms with Crippen LogP contribution in [0.2, 0.25) is 0 Å². The normalized spacial score (nSPS) is 21.0. The number of nitriles is 1. The molecule has 2 fully saturated rings.